The second-order valence-electron chi connectivity index (χ2n) is 3.56. The van der Waals surface area contributed by atoms with Crippen molar-refractivity contribution in [3.63, 3.8) is 0 Å². The summed E-state index contributed by atoms with van der Waals surface area (Å²) in [6.07, 6.45) is 11.3. The van der Waals surface area contributed by atoms with E-state index in [0.29, 0.717) is 0 Å². The van der Waals surface area contributed by atoms with Gasteiger partial charge in [0.1, 0.15) is 11.4 Å². The molecule has 0 amide bonds. The third kappa shape index (κ3) is 6.44. The van der Waals surface area contributed by atoms with Crippen LogP contribution in [0.15, 0.2) is 17.6 Å². The summed E-state index contributed by atoms with van der Waals surface area (Å²) in [6, 6.07) is 0. The lowest BCUT2D eigenvalue weighted by atomic mass is 10.1. The Bertz CT molecular complexity index is 241. The summed E-state index contributed by atoms with van der Waals surface area (Å²) in [5.74, 6) is 1.13. The zero-order valence-corrected chi connectivity index (χ0v) is 10.2. The Morgan fingerprint density at radius 1 is 1.13 bits per heavy atom. The minimum Gasteiger partial charge on any atom is -0.240 e. The highest BCUT2D eigenvalue weighted by molar-refractivity contribution is 7.99. The van der Waals surface area contributed by atoms with Crippen LogP contribution in [-0.4, -0.2) is 20.9 Å². The Labute approximate surface area is 96.1 Å². The molecule has 0 N–H and O–H groups in total. The normalized spacial score (nSPS) is 10.5. The summed E-state index contributed by atoms with van der Waals surface area (Å²) in [5, 5.41) is 8.65. The minimum atomic E-state index is 0.936. The quantitative estimate of drug-likeness (QED) is 0.502. The van der Waals surface area contributed by atoms with Crippen molar-refractivity contribution in [2.45, 2.75) is 50.5 Å². The monoisotopic (exact) mass is 225 g/mol. The van der Waals surface area contributed by atoms with E-state index in [9.17, 15) is 0 Å². The molecule has 0 saturated heterocycles. The molecule has 3 nitrogen and oxygen atoms in total. The molecule has 0 atom stereocenters. The zero-order chi connectivity index (χ0) is 10.8. The number of hydrogen-bond acceptors (Lipinski definition) is 4. The van der Waals surface area contributed by atoms with Crippen molar-refractivity contribution in [3.8, 4) is 0 Å². The summed E-state index contributed by atoms with van der Waals surface area (Å²) in [7, 11) is 0. The van der Waals surface area contributed by atoms with Gasteiger partial charge in [-0.15, -0.1) is 22.0 Å². The van der Waals surface area contributed by atoms with Crippen molar-refractivity contribution in [1.82, 2.24) is 15.2 Å². The Balaban J connectivity index is 1.93. The summed E-state index contributed by atoms with van der Waals surface area (Å²) >= 11 is 1.75. The van der Waals surface area contributed by atoms with E-state index < -0.39 is 0 Å². The van der Waals surface area contributed by atoms with Crippen LogP contribution in [0.3, 0.4) is 0 Å². The first-order chi connectivity index (χ1) is 7.43. The molecule has 0 unspecified atom stereocenters. The van der Waals surface area contributed by atoms with Crippen LogP contribution in [0.2, 0.25) is 0 Å². The van der Waals surface area contributed by atoms with E-state index in [-0.39, 0.29) is 0 Å². The molecule has 0 spiro atoms. The first-order valence-electron chi connectivity index (χ1n) is 5.69. The van der Waals surface area contributed by atoms with E-state index in [0.717, 1.165) is 10.8 Å². The molecule has 4 heteroatoms. The molecule has 0 aliphatic rings. The lowest BCUT2D eigenvalue weighted by molar-refractivity contribution is 0.627. The summed E-state index contributed by atoms with van der Waals surface area (Å²) < 4.78 is 0. The van der Waals surface area contributed by atoms with E-state index in [1.807, 2.05) is 0 Å². The Kier molecular flexibility index (Phi) is 7.17. The van der Waals surface area contributed by atoms with Crippen molar-refractivity contribution in [2.24, 2.45) is 0 Å². The number of aromatic nitrogens is 3. The van der Waals surface area contributed by atoms with Gasteiger partial charge in [0.15, 0.2) is 0 Å². The first kappa shape index (κ1) is 12.4. The van der Waals surface area contributed by atoms with Gasteiger partial charge in [-0.05, 0) is 12.2 Å². The molecule has 1 aromatic rings. The summed E-state index contributed by atoms with van der Waals surface area (Å²) in [4.78, 5) is 3.93. The fourth-order valence-corrected chi connectivity index (χ4v) is 2.16. The number of unbranched alkanes of at least 4 members (excludes halogenated alkanes) is 5. The van der Waals surface area contributed by atoms with Crippen LogP contribution < -0.4 is 0 Å². The molecule has 0 aliphatic carbocycles. The van der Waals surface area contributed by atoms with E-state index in [1.165, 1.54) is 44.9 Å². The lowest BCUT2D eigenvalue weighted by Gasteiger charge is -2.00. The first-order valence-corrected chi connectivity index (χ1v) is 6.67. The van der Waals surface area contributed by atoms with Crippen LogP contribution in [0.1, 0.15) is 45.4 Å². The largest absolute Gasteiger partial charge is 0.240 e. The minimum absolute atomic E-state index is 0.936. The smallest absolute Gasteiger partial charge is 0.138 e. The molecular formula is C11H19N3S. The van der Waals surface area contributed by atoms with Crippen molar-refractivity contribution in [1.29, 1.82) is 0 Å². The third-order valence-electron chi connectivity index (χ3n) is 2.21. The van der Waals surface area contributed by atoms with E-state index in [1.54, 1.807) is 18.0 Å². The highest BCUT2D eigenvalue weighted by Crippen LogP contribution is 2.15. The maximum atomic E-state index is 3.98. The SMILES string of the molecule is CCCCCCCCSc1cncnn1. The van der Waals surface area contributed by atoms with Crippen molar-refractivity contribution in [2.75, 3.05) is 5.75 Å². The molecule has 0 saturated carbocycles. The Morgan fingerprint density at radius 2 is 1.93 bits per heavy atom. The van der Waals surface area contributed by atoms with E-state index in [2.05, 4.69) is 22.1 Å². The molecule has 0 aromatic carbocycles. The molecule has 1 heterocycles. The number of thioether (sulfide) groups is 1. The maximum Gasteiger partial charge on any atom is 0.138 e. The Morgan fingerprint density at radius 3 is 2.67 bits per heavy atom. The molecule has 1 rings (SSSR count). The second-order valence-corrected chi connectivity index (χ2v) is 4.68. The lowest BCUT2D eigenvalue weighted by Crippen LogP contribution is -1.88. The molecule has 84 valence electrons. The van der Waals surface area contributed by atoms with E-state index in [4.69, 9.17) is 0 Å². The average Bonchev–Trinajstić information content (AvgIpc) is 2.29. The predicted molar refractivity (Wildman–Crippen MR) is 63.9 cm³/mol. The molecular weight excluding hydrogens is 206 g/mol. The van der Waals surface area contributed by atoms with Crippen LogP contribution in [0, 0.1) is 0 Å². The van der Waals surface area contributed by atoms with Gasteiger partial charge in [-0.25, -0.2) is 4.98 Å². The zero-order valence-electron chi connectivity index (χ0n) is 9.35. The molecule has 0 radical (unpaired) electrons. The molecule has 15 heavy (non-hydrogen) atoms. The molecule has 1 aromatic heterocycles. The van der Waals surface area contributed by atoms with Crippen LogP contribution in [0.25, 0.3) is 0 Å². The van der Waals surface area contributed by atoms with Gasteiger partial charge in [0.25, 0.3) is 0 Å². The van der Waals surface area contributed by atoms with Crippen molar-refractivity contribution < 1.29 is 0 Å². The Hall–Kier alpha value is -0.640. The van der Waals surface area contributed by atoms with Crippen LogP contribution in [-0.2, 0) is 0 Å². The van der Waals surface area contributed by atoms with Gasteiger partial charge in [-0.1, -0.05) is 39.0 Å². The van der Waals surface area contributed by atoms with Crippen LogP contribution in [0.4, 0.5) is 0 Å². The third-order valence-corrected chi connectivity index (χ3v) is 3.18. The number of nitrogens with zero attached hydrogens (tertiary/aromatic N) is 3. The number of hydrogen-bond donors (Lipinski definition) is 0. The van der Waals surface area contributed by atoms with Crippen molar-refractivity contribution in [3.05, 3.63) is 12.5 Å². The number of rotatable bonds is 8. The maximum absolute atomic E-state index is 3.98. The second kappa shape index (κ2) is 8.65. The van der Waals surface area contributed by atoms with Crippen LogP contribution in [0.5, 0.6) is 0 Å². The van der Waals surface area contributed by atoms with Gasteiger partial charge in [0.2, 0.25) is 0 Å². The van der Waals surface area contributed by atoms with Gasteiger partial charge < -0.3 is 0 Å². The molecule has 0 aliphatic heterocycles. The summed E-state index contributed by atoms with van der Waals surface area (Å²) in [6.45, 7) is 2.25. The van der Waals surface area contributed by atoms with Gasteiger partial charge in [0.05, 0.1) is 6.20 Å². The average molecular weight is 225 g/mol. The van der Waals surface area contributed by atoms with Gasteiger partial charge in [-0.2, -0.15) is 0 Å². The summed E-state index contributed by atoms with van der Waals surface area (Å²) in [5.41, 5.74) is 0. The van der Waals surface area contributed by atoms with E-state index >= 15 is 0 Å². The van der Waals surface area contributed by atoms with Gasteiger partial charge in [0, 0.05) is 0 Å². The molecule has 0 fully saturated rings. The fraction of sp³-hybridized carbons (Fsp3) is 0.727. The topological polar surface area (TPSA) is 38.7 Å². The fourth-order valence-electron chi connectivity index (χ4n) is 1.36. The molecule has 0 bridgehead atoms. The predicted octanol–water partition coefficient (Wildman–Crippen LogP) is 3.32. The van der Waals surface area contributed by atoms with Crippen LogP contribution >= 0.6 is 11.8 Å². The van der Waals surface area contributed by atoms with Gasteiger partial charge >= 0.3 is 0 Å². The van der Waals surface area contributed by atoms with Crippen molar-refractivity contribution >= 4 is 11.8 Å². The highest BCUT2D eigenvalue weighted by Gasteiger charge is 1.95. The highest BCUT2D eigenvalue weighted by atomic mass is 32.2. The standard InChI is InChI=1S/C11H19N3S/c1-2-3-4-5-6-7-8-15-11-9-12-10-13-14-11/h9-10H,2-8H2,1H3. The van der Waals surface area contributed by atoms with Gasteiger partial charge in [-0.3, -0.25) is 0 Å².